The molecule has 1 aliphatic heterocycles. The molecule has 1 aliphatic carbocycles. The molecule has 2 aliphatic rings. The molecule has 3 nitrogen and oxygen atoms in total. The molecule has 2 heterocycles. The van der Waals surface area contributed by atoms with Crippen LogP contribution in [-0.2, 0) is 11.2 Å². The largest absolute Gasteiger partial charge is 0.378 e. The maximum atomic E-state index is 5.34. The fourth-order valence-corrected chi connectivity index (χ4v) is 2.11. The van der Waals surface area contributed by atoms with E-state index < -0.39 is 0 Å². The second-order valence-electron chi connectivity index (χ2n) is 3.94. The van der Waals surface area contributed by atoms with Gasteiger partial charge in [0.25, 0.3) is 0 Å². The molecule has 3 rings (SSSR count). The van der Waals surface area contributed by atoms with Crippen molar-refractivity contribution in [1.82, 2.24) is 4.98 Å². The van der Waals surface area contributed by atoms with Crippen LogP contribution < -0.4 is 4.90 Å². The van der Waals surface area contributed by atoms with Crippen molar-refractivity contribution in [2.24, 2.45) is 0 Å². The monoisotopic (exact) mass is 202 g/mol. The van der Waals surface area contributed by atoms with Gasteiger partial charge < -0.3 is 9.64 Å². The molecule has 15 heavy (non-hydrogen) atoms. The van der Waals surface area contributed by atoms with Crippen molar-refractivity contribution in [2.75, 3.05) is 31.2 Å². The van der Waals surface area contributed by atoms with Gasteiger partial charge in [-0.2, -0.15) is 0 Å². The third kappa shape index (κ3) is 1.63. The van der Waals surface area contributed by atoms with E-state index in [1.165, 1.54) is 16.9 Å². The molecule has 1 aromatic rings. The van der Waals surface area contributed by atoms with Gasteiger partial charge in [-0.1, -0.05) is 12.2 Å². The number of hydrogen-bond acceptors (Lipinski definition) is 3. The minimum Gasteiger partial charge on any atom is -0.378 e. The van der Waals surface area contributed by atoms with Crippen LogP contribution in [0, 0.1) is 0 Å². The van der Waals surface area contributed by atoms with E-state index in [0.29, 0.717) is 0 Å². The molecule has 0 aromatic carbocycles. The molecule has 0 unspecified atom stereocenters. The number of hydrogen-bond donors (Lipinski definition) is 0. The Morgan fingerprint density at radius 3 is 3.00 bits per heavy atom. The summed E-state index contributed by atoms with van der Waals surface area (Å²) in [5.41, 5.74) is 3.70. The van der Waals surface area contributed by atoms with Crippen LogP contribution in [0.1, 0.15) is 11.3 Å². The fraction of sp³-hybridized carbons (Fsp3) is 0.417. The van der Waals surface area contributed by atoms with E-state index in [2.05, 4.69) is 28.1 Å². The number of ether oxygens (including phenoxy) is 1. The smallest absolute Gasteiger partial charge is 0.0642 e. The summed E-state index contributed by atoms with van der Waals surface area (Å²) in [4.78, 5) is 6.83. The quantitative estimate of drug-likeness (QED) is 0.690. The standard InChI is InChI=1S/C12H14N2O/c1-2-10-8-11(9-13-12(10)3-1)14-4-6-15-7-5-14/h1-2,8-9H,3-7H2. The van der Waals surface area contributed by atoms with Crippen LogP contribution in [0.3, 0.4) is 0 Å². The van der Waals surface area contributed by atoms with Crippen LogP contribution in [0.4, 0.5) is 5.69 Å². The third-order valence-electron chi connectivity index (χ3n) is 2.97. The predicted octanol–water partition coefficient (Wildman–Crippen LogP) is 1.49. The number of fused-ring (bicyclic) bond motifs is 1. The van der Waals surface area contributed by atoms with Crippen molar-refractivity contribution in [1.29, 1.82) is 0 Å². The summed E-state index contributed by atoms with van der Waals surface area (Å²) in [5, 5.41) is 0. The number of pyridine rings is 1. The van der Waals surface area contributed by atoms with Crippen molar-refractivity contribution in [3.05, 3.63) is 29.6 Å². The first-order chi connectivity index (χ1) is 7.43. The van der Waals surface area contributed by atoms with Crippen molar-refractivity contribution >= 4 is 11.8 Å². The second-order valence-corrected chi connectivity index (χ2v) is 3.94. The molecule has 78 valence electrons. The highest BCUT2D eigenvalue weighted by atomic mass is 16.5. The highest BCUT2D eigenvalue weighted by Gasteiger charge is 2.14. The molecular weight excluding hydrogens is 188 g/mol. The molecule has 1 saturated heterocycles. The normalized spacial score (nSPS) is 19.3. The van der Waals surface area contributed by atoms with Gasteiger partial charge in [-0.25, -0.2) is 0 Å². The lowest BCUT2D eigenvalue weighted by atomic mass is 10.2. The number of aromatic nitrogens is 1. The Morgan fingerprint density at radius 1 is 1.27 bits per heavy atom. The van der Waals surface area contributed by atoms with Crippen LogP contribution >= 0.6 is 0 Å². The SMILES string of the molecule is C1=Cc2cc(N3CCOCC3)cnc2C1. The van der Waals surface area contributed by atoms with E-state index in [1.807, 2.05) is 6.20 Å². The van der Waals surface area contributed by atoms with Crippen LogP contribution in [0.5, 0.6) is 0 Å². The lowest BCUT2D eigenvalue weighted by molar-refractivity contribution is 0.122. The first kappa shape index (κ1) is 8.92. The highest BCUT2D eigenvalue weighted by molar-refractivity contribution is 5.63. The van der Waals surface area contributed by atoms with Gasteiger partial charge in [0.05, 0.1) is 30.8 Å². The molecule has 0 atom stereocenters. The van der Waals surface area contributed by atoms with Gasteiger partial charge in [-0.15, -0.1) is 0 Å². The van der Waals surface area contributed by atoms with Gasteiger partial charge in [0, 0.05) is 19.5 Å². The summed E-state index contributed by atoms with van der Waals surface area (Å²) >= 11 is 0. The molecule has 0 saturated carbocycles. The number of anilines is 1. The average Bonchev–Trinajstić information content (AvgIpc) is 2.77. The summed E-state index contributed by atoms with van der Waals surface area (Å²) in [6.07, 6.45) is 7.29. The molecule has 0 bridgehead atoms. The highest BCUT2D eigenvalue weighted by Crippen LogP contribution is 2.23. The maximum Gasteiger partial charge on any atom is 0.0642 e. The molecule has 0 spiro atoms. The zero-order valence-corrected chi connectivity index (χ0v) is 8.65. The van der Waals surface area contributed by atoms with E-state index >= 15 is 0 Å². The van der Waals surface area contributed by atoms with E-state index in [0.717, 1.165) is 32.7 Å². The van der Waals surface area contributed by atoms with Crippen molar-refractivity contribution in [3.63, 3.8) is 0 Å². The van der Waals surface area contributed by atoms with Gasteiger partial charge in [-0.3, -0.25) is 4.98 Å². The van der Waals surface area contributed by atoms with Gasteiger partial charge in [0.15, 0.2) is 0 Å². The van der Waals surface area contributed by atoms with Gasteiger partial charge >= 0.3 is 0 Å². The Balaban J connectivity index is 1.88. The van der Waals surface area contributed by atoms with Crippen LogP contribution in [0.2, 0.25) is 0 Å². The molecule has 0 radical (unpaired) electrons. The van der Waals surface area contributed by atoms with E-state index in [1.54, 1.807) is 0 Å². The van der Waals surface area contributed by atoms with E-state index in [4.69, 9.17) is 4.74 Å². The number of morpholine rings is 1. The minimum absolute atomic E-state index is 0.826. The number of rotatable bonds is 1. The Hall–Kier alpha value is -1.35. The Kier molecular flexibility index (Phi) is 2.18. The molecule has 1 fully saturated rings. The van der Waals surface area contributed by atoms with E-state index in [-0.39, 0.29) is 0 Å². The fourth-order valence-electron chi connectivity index (χ4n) is 2.11. The lowest BCUT2D eigenvalue weighted by Gasteiger charge is -2.28. The Bertz CT molecular complexity index is 395. The average molecular weight is 202 g/mol. The maximum absolute atomic E-state index is 5.34. The molecule has 0 amide bonds. The van der Waals surface area contributed by atoms with Crippen molar-refractivity contribution in [3.8, 4) is 0 Å². The number of nitrogens with zero attached hydrogens (tertiary/aromatic N) is 2. The lowest BCUT2D eigenvalue weighted by Crippen LogP contribution is -2.36. The summed E-state index contributed by atoms with van der Waals surface area (Å²) in [5.74, 6) is 0. The topological polar surface area (TPSA) is 25.4 Å². The number of allylic oxidation sites excluding steroid dienone is 1. The summed E-state index contributed by atoms with van der Waals surface area (Å²) in [7, 11) is 0. The summed E-state index contributed by atoms with van der Waals surface area (Å²) in [6, 6.07) is 2.23. The summed E-state index contributed by atoms with van der Waals surface area (Å²) in [6.45, 7) is 3.61. The van der Waals surface area contributed by atoms with Crippen molar-refractivity contribution in [2.45, 2.75) is 6.42 Å². The minimum atomic E-state index is 0.826. The van der Waals surface area contributed by atoms with E-state index in [9.17, 15) is 0 Å². The molecule has 1 aromatic heterocycles. The first-order valence-electron chi connectivity index (χ1n) is 5.42. The first-order valence-corrected chi connectivity index (χ1v) is 5.42. The van der Waals surface area contributed by atoms with Gasteiger partial charge in [0.2, 0.25) is 0 Å². The Morgan fingerprint density at radius 2 is 2.13 bits per heavy atom. The third-order valence-corrected chi connectivity index (χ3v) is 2.97. The predicted molar refractivity (Wildman–Crippen MR) is 60.0 cm³/mol. The second kappa shape index (κ2) is 3.66. The van der Waals surface area contributed by atoms with Crippen molar-refractivity contribution < 1.29 is 4.74 Å². The molecule has 3 heteroatoms. The molecule has 0 N–H and O–H groups in total. The van der Waals surface area contributed by atoms with Gasteiger partial charge in [0.1, 0.15) is 0 Å². The Labute approximate surface area is 89.4 Å². The van der Waals surface area contributed by atoms with Crippen LogP contribution in [0.25, 0.3) is 6.08 Å². The zero-order valence-electron chi connectivity index (χ0n) is 8.65. The zero-order chi connectivity index (χ0) is 10.1. The van der Waals surface area contributed by atoms with Gasteiger partial charge in [-0.05, 0) is 11.6 Å². The molecular formula is C12H14N2O. The van der Waals surface area contributed by atoms with Crippen LogP contribution in [-0.4, -0.2) is 31.3 Å². The van der Waals surface area contributed by atoms with Crippen LogP contribution in [0.15, 0.2) is 18.3 Å². The summed E-state index contributed by atoms with van der Waals surface area (Å²) < 4.78 is 5.34.